The van der Waals surface area contributed by atoms with Crippen molar-refractivity contribution in [2.75, 3.05) is 11.1 Å². The van der Waals surface area contributed by atoms with Crippen LogP contribution < -0.4 is 10.6 Å². The van der Waals surface area contributed by atoms with Crippen LogP contribution in [0.2, 0.25) is 5.02 Å². The van der Waals surface area contributed by atoms with Crippen LogP contribution in [0, 0.1) is 10.5 Å². The van der Waals surface area contributed by atoms with Crippen molar-refractivity contribution >= 4 is 63.5 Å². The highest BCUT2D eigenvalue weighted by atomic mass is 127. The number of thioether (sulfide) groups is 1. The number of rotatable bonds is 8. The molecule has 0 radical (unpaired) electrons. The highest BCUT2D eigenvalue weighted by Gasteiger charge is 2.20. The van der Waals surface area contributed by atoms with Crippen LogP contribution in [-0.4, -0.2) is 32.3 Å². The lowest BCUT2D eigenvalue weighted by molar-refractivity contribution is -0.113. The quantitative estimate of drug-likeness (QED) is 0.285. The number of nitrogens with one attached hydrogen (secondary N) is 2. The second kappa shape index (κ2) is 11.2. The molecule has 0 aliphatic rings. The molecule has 0 saturated carbocycles. The number of hydrogen-bond donors (Lipinski definition) is 2. The Morgan fingerprint density at radius 1 is 1.19 bits per heavy atom. The summed E-state index contributed by atoms with van der Waals surface area (Å²) < 4.78 is 3.02. The predicted molar refractivity (Wildman–Crippen MR) is 136 cm³/mol. The first-order valence-corrected chi connectivity index (χ1v) is 12.4. The SMILES string of the molecule is CCn1c(SCC(=O)Nc2ccc(I)cc2C)nnc1C(C)NC(=O)c1ccc(Cl)cc1. The molecule has 3 rings (SSSR count). The van der Waals surface area contributed by atoms with E-state index in [1.54, 1.807) is 24.3 Å². The van der Waals surface area contributed by atoms with Crippen LogP contribution in [0.1, 0.15) is 41.6 Å². The zero-order valence-electron chi connectivity index (χ0n) is 17.9. The van der Waals surface area contributed by atoms with Crippen LogP contribution in [0.5, 0.6) is 0 Å². The van der Waals surface area contributed by atoms with Crippen molar-refractivity contribution < 1.29 is 9.59 Å². The third-order valence-corrected chi connectivity index (χ3v) is 6.59. The molecule has 2 N–H and O–H groups in total. The van der Waals surface area contributed by atoms with Crippen molar-refractivity contribution in [2.24, 2.45) is 0 Å². The van der Waals surface area contributed by atoms with Gasteiger partial charge < -0.3 is 15.2 Å². The fourth-order valence-corrected chi connectivity index (χ4v) is 4.64. The zero-order valence-corrected chi connectivity index (χ0v) is 21.6. The molecule has 32 heavy (non-hydrogen) atoms. The molecule has 168 valence electrons. The minimum atomic E-state index is -0.358. The summed E-state index contributed by atoms with van der Waals surface area (Å²) in [6, 6.07) is 12.2. The lowest BCUT2D eigenvalue weighted by atomic mass is 10.2. The third-order valence-electron chi connectivity index (χ3n) is 4.70. The molecular weight excluding hydrogens is 561 g/mol. The number of nitrogens with zero attached hydrogens (tertiary/aromatic N) is 3. The summed E-state index contributed by atoms with van der Waals surface area (Å²) in [4.78, 5) is 24.9. The largest absolute Gasteiger partial charge is 0.342 e. The predicted octanol–water partition coefficient (Wildman–Crippen LogP) is 5.09. The van der Waals surface area contributed by atoms with Crippen molar-refractivity contribution in [2.45, 2.75) is 38.5 Å². The number of anilines is 1. The van der Waals surface area contributed by atoms with E-state index in [1.807, 2.05) is 43.5 Å². The molecule has 0 spiro atoms. The van der Waals surface area contributed by atoms with Gasteiger partial charge >= 0.3 is 0 Å². The van der Waals surface area contributed by atoms with E-state index in [1.165, 1.54) is 11.8 Å². The highest BCUT2D eigenvalue weighted by Crippen LogP contribution is 2.22. The second-order valence-electron chi connectivity index (χ2n) is 7.08. The first-order valence-electron chi connectivity index (χ1n) is 9.96. The number of hydrogen-bond acceptors (Lipinski definition) is 5. The number of halogens is 2. The van der Waals surface area contributed by atoms with E-state index in [0.29, 0.717) is 28.1 Å². The van der Waals surface area contributed by atoms with Gasteiger partial charge in [-0.1, -0.05) is 23.4 Å². The maximum Gasteiger partial charge on any atom is 0.251 e. The van der Waals surface area contributed by atoms with Crippen molar-refractivity contribution in [3.63, 3.8) is 0 Å². The molecule has 10 heteroatoms. The van der Waals surface area contributed by atoms with Crippen LogP contribution in [0.3, 0.4) is 0 Å². The Labute approximate surface area is 209 Å². The van der Waals surface area contributed by atoms with Crippen LogP contribution in [-0.2, 0) is 11.3 Å². The van der Waals surface area contributed by atoms with E-state index >= 15 is 0 Å². The molecule has 0 bridgehead atoms. The number of benzene rings is 2. The van der Waals surface area contributed by atoms with E-state index in [2.05, 4.69) is 43.4 Å². The lowest BCUT2D eigenvalue weighted by Crippen LogP contribution is -2.28. The van der Waals surface area contributed by atoms with Gasteiger partial charge in [0, 0.05) is 26.4 Å². The van der Waals surface area contributed by atoms with Gasteiger partial charge in [0.1, 0.15) is 0 Å². The maximum atomic E-state index is 12.5. The van der Waals surface area contributed by atoms with Gasteiger partial charge in [-0.25, -0.2) is 0 Å². The molecule has 1 atom stereocenters. The summed E-state index contributed by atoms with van der Waals surface area (Å²) in [6.45, 7) is 6.40. The standard InChI is InChI=1S/C22H23ClIN5O2S/c1-4-29-20(14(3)25-21(31)15-5-7-16(23)8-6-15)27-28-22(29)32-12-19(30)26-18-10-9-17(24)11-13(18)2/h5-11,14H,4,12H2,1-3H3,(H,25,31)(H,26,30). The Hall–Kier alpha value is -2.11. The normalized spacial score (nSPS) is 11.8. The fourth-order valence-electron chi connectivity index (χ4n) is 3.05. The molecule has 3 aromatic rings. The van der Waals surface area contributed by atoms with E-state index in [4.69, 9.17) is 11.6 Å². The Kier molecular flexibility index (Phi) is 8.55. The maximum absolute atomic E-state index is 12.5. The van der Waals surface area contributed by atoms with Crippen LogP contribution in [0.25, 0.3) is 0 Å². The Bertz CT molecular complexity index is 1120. The molecule has 0 aliphatic heterocycles. The Balaban J connectivity index is 1.62. The summed E-state index contributed by atoms with van der Waals surface area (Å²) in [7, 11) is 0. The molecule has 7 nitrogen and oxygen atoms in total. The molecule has 0 saturated heterocycles. The molecule has 1 heterocycles. The monoisotopic (exact) mass is 583 g/mol. The van der Waals surface area contributed by atoms with E-state index in [-0.39, 0.29) is 23.6 Å². The summed E-state index contributed by atoms with van der Waals surface area (Å²) in [5.74, 6) is 0.498. The van der Waals surface area contributed by atoms with E-state index in [9.17, 15) is 9.59 Å². The molecule has 0 aliphatic carbocycles. The third kappa shape index (κ3) is 6.23. The molecule has 1 unspecified atom stereocenters. The number of amides is 2. The first kappa shape index (κ1) is 24.5. The van der Waals surface area contributed by atoms with Crippen molar-refractivity contribution in [1.82, 2.24) is 20.1 Å². The van der Waals surface area contributed by atoms with E-state index < -0.39 is 0 Å². The number of aromatic nitrogens is 3. The smallest absolute Gasteiger partial charge is 0.251 e. The van der Waals surface area contributed by atoms with Gasteiger partial charge in [-0.2, -0.15) is 0 Å². The lowest BCUT2D eigenvalue weighted by Gasteiger charge is -2.15. The average molecular weight is 584 g/mol. The van der Waals surface area contributed by atoms with E-state index in [0.717, 1.165) is 14.8 Å². The Morgan fingerprint density at radius 2 is 1.91 bits per heavy atom. The number of carbonyl (C=O) groups is 2. The van der Waals surface area contributed by atoms with Crippen LogP contribution in [0.15, 0.2) is 47.6 Å². The molecule has 0 fully saturated rings. The number of carbonyl (C=O) groups excluding carboxylic acids is 2. The summed E-state index contributed by atoms with van der Waals surface area (Å²) in [6.07, 6.45) is 0. The Morgan fingerprint density at radius 3 is 2.56 bits per heavy atom. The summed E-state index contributed by atoms with van der Waals surface area (Å²) >= 11 is 9.44. The van der Waals surface area contributed by atoms with Crippen LogP contribution >= 0.6 is 46.0 Å². The first-order chi connectivity index (χ1) is 15.3. The molecule has 2 aromatic carbocycles. The van der Waals surface area contributed by atoms with Crippen molar-refractivity contribution in [1.29, 1.82) is 0 Å². The topological polar surface area (TPSA) is 88.9 Å². The molecule has 2 amide bonds. The van der Waals surface area contributed by atoms with Gasteiger partial charge in [0.05, 0.1) is 11.8 Å². The minimum Gasteiger partial charge on any atom is -0.342 e. The average Bonchev–Trinajstić information content (AvgIpc) is 3.17. The fraction of sp³-hybridized carbons (Fsp3) is 0.273. The van der Waals surface area contributed by atoms with Gasteiger partial charge in [0.2, 0.25) is 5.91 Å². The summed E-state index contributed by atoms with van der Waals surface area (Å²) in [5, 5.41) is 15.6. The minimum absolute atomic E-state index is 0.115. The number of aryl methyl sites for hydroxylation is 1. The van der Waals surface area contributed by atoms with Crippen LogP contribution in [0.4, 0.5) is 5.69 Å². The highest BCUT2D eigenvalue weighted by molar-refractivity contribution is 14.1. The van der Waals surface area contributed by atoms with Gasteiger partial charge in [-0.05, 0) is 91.4 Å². The van der Waals surface area contributed by atoms with Gasteiger partial charge in [-0.3, -0.25) is 9.59 Å². The van der Waals surface area contributed by atoms with Gasteiger partial charge in [0.25, 0.3) is 5.91 Å². The molecule has 1 aromatic heterocycles. The second-order valence-corrected chi connectivity index (χ2v) is 9.71. The zero-order chi connectivity index (χ0) is 23.3. The van der Waals surface area contributed by atoms with Crippen molar-refractivity contribution in [3.05, 3.63) is 68.0 Å². The van der Waals surface area contributed by atoms with Gasteiger partial charge in [0.15, 0.2) is 11.0 Å². The summed E-state index contributed by atoms with van der Waals surface area (Å²) in [5.41, 5.74) is 2.33. The van der Waals surface area contributed by atoms with Crippen molar-refractivity contribution in [3.8, 4) is 0 Å². The molecular formula is C22H23ClIN5O2S. The van der Waals surface area contributed by atoms with Gasteiger partial charge in [-0.15, -0.1) is 10.2 Å².